The van der Waals surface area contributed by atoms with Gasteiger partial charge in [-0.25, -0.2) is 4.79 Å². The molecule has 8 heteroatoms. The maximum Gasteiger partial charge on any atom is 0.338 e. The highest BCUT2D eigenvalue weighted by atomic mass is 16.7. The fraction of sp³-hybridized carbons (Fsp3) is 0.320. The van der Waals surface area contributed by atoms with Crippen LogP contribution in [0.5, 0.6) is 23.0 Å². The molecule has 33 heavy (non-hydrogen) atoms. The van der Waals surface area contributed by atoms with Crippen molar-refractivity contribution in [1.82, 2.24) is 0 Å². The largest absolute Gasteiger partial charge is 0.507 e. The molecule has 0 atom stereocenters. The van der Waals surface area contributed by atoms with Gasteiger partial charge in [0.15, 0.2) is 13.6 Å². The minimum atomic E-state index is -0.604. The second-order valence-electron chi connectivity index (χ2n) is 7.76. The second kappa shape index (κ2) is 10.4. The molecule has 1 N–H and O–H groups in total. The maximum atomic E-state index is 12.7. The first kappa shape index (κ1) is 24.2. The molecule has 0 aromatic heterocycles. The van der Waals surface area contributed by atoms with E-state index >= 15 is 0 Å². The third kappa shape index (κ3) is 5.66. The summed E-state index contributed by atoms with van der Waals surface area (Å²) in [5.74, 6) is 0.760. The lowest BCUT2D eigenvalue weighted by Gasteiger charge is -2.28. The summed E-state index contributed by atoms with van der Waals surface area (Å²) in [5, 5.41) is 10.9. The highest BCUT2D eigenvalue weighted by Crippen LogP contribution is 2.40. The fourth-order valence-electron chi connectivity index (χ4n) is 3.27. The highest BCUT2D eigenvalue weighted by Gasteiger charge is 2.25. The number of aromatic hydroxyl groups is 1. The van der Waals surface area contributed by atoms with Gasteiger partial charge in [-0.3, -0.25) is 0 Å². The Kier molecular flexibility index (Phi) is 7.63. The Hall–Kier alpha value is -3.49. The summed E-state index contributed by atoms with van der Waals surface area (Å²) in [4.78, 5) is 12.7. The zero-order valence-electron chi connectivity index (χ0n) is 19.3. The fourth-order valence-corrected chi connectivity index (χ4v) is 3.27. The summed E-state index contributed by atoms with van der Waals surface area (Å²) in [6.45, 7) is 3.86. The third-order valence-electron chi connectivity index (χ3n) is 4.86. The molecule has 0 spiro atoms. The van der Waals surface area contributed by atoms with Gasteiger partial charge in [0.2, 0.25) is 0 Å². The number of carbonyl (C=O) groups is 1. The molecule has 0 saturated carbocycles. The molecule has 176 valence electrons. The standard InChI is InChI=1S/C25H28O8/c1-25(2)11-10-19-21(33-25)9-6-16(23(19)26)12-20(24(27)30-5)18-8-7-17(31-14-28-3)13-22(18)32-15-29-4/h6-13,26H,14-15H2,1-5H3/b20-12-. The number of ether oxygens (including phenoxy) is 6. The Morgan fingerprint density at radius 2 is 1.79 bits per heavy atom. The van der Waals surface area contributed by atoms with Crippen molar-refractivity contribution < 1.29 is 38.3 Å². The molecule has 1 aliphatic rings. The summed E-state index contributed by atoms with van der Waals surface area (Å²) >= 11 is 0. The number of phenols is 1. The monoisotopic (exact) mass is 456 g/mol. The number of fused-ring (bicyclic) bond motifs is 1. The molecule has 3 rings (SSSR count). The van der Waals surface area contributed by atoms with Crippen LogP contribution in [-0.4, -0.2) is 51.6 Å². The van der Waals surface area contributed by atoms with Gasteiger partial charge in [0, 0.05) is 31.4 Å². The first-order valence-electron chi connectivity index (χ1n) is 10.2. The molecule has 0 unspecified atom stereocenters. The highest BCUT2D eigenvalue weighted by molar-refractivity contribution is 6.22. The Morgan fingerprint density at radius 1 is 1.06 bits per heavy atom. The third-order valence-corrected chi connectivity index (χ3v) is 4.86. The minimum Gasteiger partial charge on any atom is -0.507 e. The van der Waals surface area contributed by atoms with Gasteiger partial charge in [0.1, 0.15) is 28.6 Å². The smallest absolute Gasteiger partial charge is 0.338 e. The topological polar surface area (TPSA) is 92.7 Å². The Labute approximate surface area is 192 Å². The minimum absolute atomic E-state index is 0.0138. The van der Waals surface area contributed by atoms with Crippen LogP contribution < -0.4 is 14.2 Å². The first-order chi connectivity index (χ1) is 15.8. The number of esters is 1. The molecular formula is C25H28O8. The van der Waals surface area contributed by atoms with Crippen molar-refractivity contribution in [1.29, 1.82) is 0 Å². The SMILES string of the molecule is COCOc1ccc(/C(=C/c2ccc3c(c2O)C=CC(C)(C)O3)C(=O)OC)c(OCOC)c1. The van der Waals surface area contributed by atoms with Crippen molar-refractivity contribution in [3.8, 4) is 23.0 Å². The predicted molar refractivity (Wildman–Crippen MR) is 123 cm³/mol. The van der Waals surface area contributed by atoms with E-state index in [1.54, 1.807) is 42.5 Å². The molecule has 8 nitrogen and oxygen atoms in total. The number of hydrogen-bond acceptors (Lipinski definition) is 8. The number of carbonyl (C=O) groups excluding carboxylic acids is 1. The van der Waals surface area contributed by atoms with Crippen LogP contribution in [0.3, 0.4) is 0 Å². The normalized spacial score (nSPS) is 14.3. The lowest BCUT2D eigenvalue weighted by molar-refractivity contribution is -0.133. The van der Waals surface area contributed by atoms with E-state index in [1.165, 1.54) is 21.3 Å². The molecule has 0 amide bonds. The summed E-state index contributed by atoms with van der Waals surface area (Å²) in [5.41, 5.74) is 1.09. The first-order valence-corrected chi connectivity index (χ1v) is 10.2. The van der Waals surface area contributed by atoms with Crippen molar-refractivity contribution >= 4 is 23.7 Å². The maximum absolute atomic E-state index is 12.7. The summed E-state index contributed by atoms with van der Waals surface area (Å²) in [6, 6.07) is 8.40. The van der Waals surface area contributed by atoms with Crippen LogP contribution in [0.4, 0.5) is 0 Å². The van der Waals surface area contributed by atoms with Crippen LogP contribution >= 0.6 is 0 Å². The Morgan fingerprint density at radius 3 is 2.48 bits per heavy atom. The molecular weight excluding hydrogens is 428 g/mol. The van der Waals surface area contributed by atoms with Crippen molar-refractivity contribution in [3.05, 3.63) is 53.1 Å². The van der Waals surface area contributed by atoms with E-state index in [-0.39, 0.29) is 24.9 Å². The molecule has 0 aliphatic carbocycles. The van der Waals surface area contributed by atoms with Gasteiger partial charge in [-0.2, -0.15) is 0 Å². The average molecular weight is 456 g/mol. The van der Waals surface area contributed by atoms with E-state index in [0.29, 0.717) is 33.9 Å². The van der Waals surface area contributed by atoms with Crippen molar-refractivity contribution in [3.63, 3.8) is 0 Å². The van der Waals surface area contributed by atoms with E-state index in [0.717, 1.165) is 0 Å². The molecule has 0 bridgehead atoms. The van der Waals surface area contributed by atoms with Crippen molar-refractivity contribution in [2.24, 2.45) is 0 Å². The molecule has 2 aromatic carbocycles. The van der Waals surface area contributed by atoms with E-state index in [9.17, 15) is 9.90 Å². The molecule has 1 aliphatic heterocycles. The lowest BCUT2D eigenvalue weighted by Crippen LogP contribution is -2.27. The van der Waals surface area contributed by atoms with Crippen LogP contribution in [0.2, 0.25) is 0 Å². The number of rotatable bonds is 9. The number of methoxy groups -OCH3 is 3. The molecule has 0 saturated heterocycles. The quantitative estimate of drug-likeness (QED) is 0.259. The van der Waals surface area contributed by atoms with Gasteiger partial charge in [0.25, 0.3) is 0 Å². The summed E-state index contributed by atoms with van der Waals surface area (Å²) in [7, 11) is 4.29. The van der Waals surface area contributed by atoms with E-state index in [2.05, 4.69) is 0 Å². The van der Waals surface area contributed by atoms with Crippen LogP contribution in [0, 0.1) is 0 Å². The molecule has 1 heterocycles. The van der Waals surface area contributed by atoms with Gasteiger partial charge >= 0.3 is 5.97 Å². The summed E-state index contributed by atoms with van der Waals surface area (Å²) in [6.07, 6.45) is 5.21. The summed E-state index contributed by atoms with van der Waals surface area (Å²) < 4.78 is 32.0. The van der Waals surface area contributed by atoms with Crippen molar-refractivity contribution in [2.75, 3.05) is 34.9 Å². The predicted octanol–water partition coefficient (Wildman–Crippen LogP) is 4.26. The van der Waals surface area contributed by atoms with E-state index < -0.39 is 11.6 Å². The molecule has 2 aromatic rings. The Balaban J connectivity index is 2.09. The van der Waals surface area contributed by atoms with E-state index in [1.807, 2.05) is 19.9 Å². The number of phenolic OH excluding ortho intramolecular Hbond substituents is 1. The van der Waals surface area contributed by atoms with Crippen molar-refractivity contribution in [2.45, 2.75) is 19.4 Å². The molecule has 0 radical (unpaired) electrons. The van der Waals surface area contributed by atoms with Crippen LogP contribution in [0.25, 0.3) is 17.7 Å². The molecule has 0 fully saturated rings. The zero-order chi connectivity index (χ0) is 24.0. The van der Waals surface area contributed by atoms with Gasteiger partial charge in [-0.05, 0) is 56.3 Å². The lowest BCUT2D eigenvalue weighted by atomic mass is 9.97. The van der Waals surface area contributed by atoms with Gasteiger partial charge in [0.05, 0.1) is 18.2 Å². The zero-order valence-corrected chi connectivity index (χ0v) is 19.3. The Bertz CT molecular complexity index is 1070. The average Bonchev–Trinajstić information content (AvgIpc) is 2.80. The van der Waals surface area contributed by atoms with E-state index in [4.69, 9.17) is 28.4 Å². The van der Waals surface area contributed by atoms with Crippen LogP contribution in [-0.2, 0) is 19.0 Å². The van der Waals surface area contributed by atoms with Gasteiger partial charge in [-0.1, -0.05) is 0 Å². The number of benzene rings is 2. The second-order valence-corrected chi connectivity index (χ2v) is 7.76. The number of hydrogen-bond donors (Lipinski definition) is 1. The van der Waals surface area contributed by atoms with Crippen LogP contribution in [0.1, 0.15) is 30.5 Å². The van der Waals surface area contributed by atoms with Crippen LogP contribution in [0.15, 0.2) is 36.4 Å². The van der Waals surface area contributed by atoms with Gasteiger partial charge in [-0.15, -0.1) is 0 Å². The van der Waals surface area contributed by atoms with Gasteiger partial charge < -0.3 is 33.5 Å².